The first-order valence-electron chi connectivity index (χ1n) is 10.0. The van der Waals surface area contributed by atoms with Gasteiger partial charge >= 0.3 is 11.7 Å². The van der Waals surface area contributed by atoms with Crippen LogP contribution in [0.15, 0.2) is 39.9 Å². The summed E-state index contributed by atoms with van der Waals surface area (Å²) in [7, 11) is 1.42. The molecule has 178 valence electrons. The van der Waals surface area contributed by atoms with E-state index < -0.39 is 39.5 Å². The third-order valence-electron chi connectivity index (χ3n) is 5.52. The lowest BCUT2D eigenvalue weighted by Crippen LogP contribution is -2.44. The number of H-pyrrole nitrogens is 1. The zero-order valence-electron chi connectivity index (χ0n) is 18.1. The number of alkyl halides is 2. The normalized spacial score (nSPS) is 18.5. The van der Waals surface area contributed by atoms with Crippen molar-refractivity contribution in [2.45, 2.75) is 24.2 Å². The molecule has 0 unspecified atom stereocenters. The van der Waals surface area contributed by atoms with E-state index in [1.807, 2.05) is 6.07 Å². The molecule has 0 aliphatic heterocycles. The Labute approximate surface area is 199 Å². The second kappa shape index (κ2) is 9.58. The van der Waals surface area contributed by atoms with Gasteiger partial charge in [-0.05, 0) is 12.5 Å². The van der Waals surface area contributed by atoms with E-state index in [1.54, 1.807) is 24.3 Å². The maximum atomic E-state index is 13.0. The molecule has 12 heteroatoms. The van der Waals surface area contributed by atoms with E-state index in [-0.39, 0.29) is 37.6 Å². The average Bonchev–Trinajstić information content (AvgIpc) is 3.30. The first-order valence-corrected chi connectivity index (χ1v) is 10.8. The fraction of sp³-hybridized carbons (Fsp3) is 0.429. The SMILES string of the molecule is COCCN(C(=O)COC(=O)[C@@]1(C)CC1(Cl)Cl)c1c(N)n(Cc2ccccc2)c(=O)[nH]c1=O. The number of methoxy groups -OCH3 is 1. The van der Waals surface area contributed by atoms with Crippen LogP contribution >= 0.6 is 23.2 Å². The van der Waals surface area contributed by atoms with Crippen LogP contribution in [0.3, 0.4) is 0 Å². The Kier molecular flexibility index (Phi) is 7.20. The number of aromatic amines is 1. The zero-order chi connectivity index (χ0) is 24.4. The molecule has 1 fully saturated rings. The summed E-state index contributed by atoms with van der Waals surface area (Å²) in [6.07, 6.45) is 0.195. The highest BCUT2D eigenvalue weighted by Gasteiger charge is 2.69. The minimum atomic E-state index is -1.25. The molecule has 0 radical (unpaired) electrons. The second-order valence-corrected chi connectivity index (χ2v) is 9.38. The van der Waals surface area contributed by atoms with E-state index in [9.17, 15) is 19.2 Å². The number of carbonyl (C=O) groups excluding carboxylic acids is 2. The molecule has 1 aromatic heterocycles. The number of benzene rings is 1. The molecule has 33 heavy (non-hydrogen) atoms. The van der Waals surface area contributed by atoms with Crippen LogP contribution in [-0.4, -0.2) is 52.6 Å². The smallest absolute Gasteiger partial charge is 0.330 e. The third kappa shape index (κ3) is 5.07. The Morgan fingerprint density at radius 3 is 2.45 bits per heavy atom. The number of hydrogen-bond donors (Lipinski definition) is 2. The summed E-state index contributed by atoms with van der Waals surface area (Å²) in [5.74, 6) is -1.68. The number of halogens is 2. The van der Waals surface area contributed by atoms with Crippen molar-refractivity contribution in [1.29, 1.82) is 0 Å². The Hall–Kier alpha value is -2.82. The molecule has 1 aliphatic rings. The van der Waals surface area contributed by atoms with Crippen LogP contribution < -0.4 is 21.9 Å². The van der Waals surface area contributed by atoms with Gasteiger partial charge in [0.1, 0.15) is 15.6 Å². The topological polar surface area (TPSA) is 137 Å². The summed E-state index contributed by atoms with van der Waals surface area (Å²) in [6.45, 7) is 0.905. The molecule has 10 nitrogen and oxygen atoms in total. The van der Waals surface area contributed by atoms with Crippen LogP contribution in [0.1, 0.15) is 18.9 Å². The Bertz CT molecular complexity index is 1160. The summed E-state index contributed by atoms with van der Waals surface area (Å²) in [5, 5.41) is 0. The summed E-state index contributed by atoms with van der Waals surface area (Å²) >= 11 is 12.0. The average molecular weight is 499 g/mol. The molecule has 1 amide bonds. The monoisotopic (exact) mass is 498 g/mol. The van der Waals surface area contributed by atoms with Gasteiger partial charge in [0.2, 0.25) is 0 Å². The summed E-state index contributed by atoms with van der Waals surface area (Å²) in [6, 6.07) is 8.98. The minimum absolute atomic E-state index is 0.0561. The molecule has 1 saturated carbocycles. The van der Waals surface area contributed by atoms with Crippen LogP contribution in [0.5, 0.6) is 0 Å². The minimum Gasteiger partial charge on any atom is -0.455 e. The predicted molar refractivity (Wildman–Crippen MR) is 124 cm³/mol. The lowest BCUT2D eigenvalue weighted by Gasteiger charge is -2.24. The molecule has 1 atom stereocenters. The van der Waals surface area contributed by atoms with Crippen LogP contribution in [-0.2, 0) is 25.6 Å². The van der Waals surface area contributed by atoms with Gasteiger partial charge in [-0.1, -0.05) is 30.3 Å². The second-order valence-electron chi connectivity index (χ2n) is 7.89. The van der Waals surface area contributed by atoms with Crippen molar-refractivity contribution in [1.82, 2.24) is 9.55 Å². The van der Waals surface area contributed by atoms with Crippen molar-refractivity contribution in [3.05, 3.63) is 56.7 Å². The van der Waals surface area contributed by atoms with Gasteiger partial charge in [0, 0.05) is 20.1 Å². The van der Waals surface area contributed by atoms with E-state index >= 15 is 0 Å². The van der Waals surface area contributed by atoms with Crippen molar-refractivity contribution >= 4 is 46.6 Å². The number of rotatable bonds is 9. The Balaban J connectivity index is 1.89. The first kappa shape index (κ1) is 24.8. The quantitative estimate of drug-likeness (QED) is 0.392. The molecule has 1 aliphatic carbocycles. The van der Waals surface area contributed by atoms with Crippen LogP contribution in [0, 0.1) is 5.41 Å². The first-order chi connectivity index (χ1) is 15.5. The number of carbonyl (C=O) groups is 2. The van der Waals surface area contributed by atoms with Crippen molar-refractivity contribution in [3.63, 3.8) is 0 Å². The van der Waals surface area contributed by atoms with Gasteiger partial charge in [0.25, 0.3) is 11.5 Å². The molecule has 0 spiro atoms. The Morgan fingerprint density at radius 1 is 1.24 bits per heavy atom. The molecule has 1 aromatic carbocycles. The van der Waals surface area contributed by atoms with E-state index in [0.29, 0.717) is 0 Å². The lowest BCUT2D eigenvalue weighted by atomic mass is 10.1. The van der Waals surface area contributed by atoms with Gasteiger partial charge in [-0.25, -0.2) is 4.79 Å². The number of nitrogen functional groups attached to an aromatic ring is 1. The predicted octanol–water partition coefficient (Wildman–Crippen LogP) is 1.27. The molecule has 2 aromatic rings. The fourth-order valence-corrected chi connectivity index (χ4v) is 3.98. The van der Waals surface area contributed by atoms with Gasteiger partial charge < -0.3 is 15.2 Å². The number of amides is 1. The van der Waals surface area contributed by atoms with E-state index in [1.165, 1.54) is 14.0 Å². The summed E-state index contributed by atoms with van der Waals surface area (Å²) in [4.78, 5) is 53.6. The molecular formula is C21H24Cl2N4O6. The molecule has 0 bridgehead atoms. The van der Waals surface area contributed by atoms with Crippen molar-refractivity contribution < 1.29 is 19.1 Å². The molecular weight excluding hydrogens is 475 g/mol. The molecule has 3 N–H and O–H groups in total. The van der Waals surface area contributed by atoms with Crippen molar-refractivity contribution in [3.8, 4) is 0 Å². The zero-order valence-corrected chi connectivity index (χ0v) is 19.6. The summed E-state index contributed by atoms with van der Waals surface area (Å²) in [5.41, 5.74) is 4.00. The van der Waals surface area contributed by atoms with Gasteiger partial charge in [-0.3, -0.25) is 28.8 Å². The van der Waals surface area contributed by atoms with Gasteiger partial charge in [0.15, 0.2) is 12.3 Å². The highest BCUT2D eigenvalue weighted by molar-refractivity contribution is 6.53. The van der Waals surface area contributed by atoms with Crippen molar-refractivity contribution in [2.75, 3.05) is 37.5 Å². The fourth-order valence-electron chi connectivity index (χ4n) is 3.29. The van der Waals surface area contributed by atoms with Gasteiger partial charge in [0.05, 0.1) is 13.2 Å². The highest BCUT2D eigenvalue weighted by Crippen LogP contribution is 2.64. The maximum absolute atomic E-state index is 13.0. The maximum Gasteiger partial charge on any atom is 0.330 e. The van der Waals surface area contributed by atoms with Gasteiger partial charge in [-0.2, -0.15) is 0 Å². The molecule has 1 heterocycles. The standard InChI is InChI=1S/C21H24Cl2N4O6/c1-20(12-21(20,22)23)18(30)33-11-14(28)26(8-9-32-2)15-16(24)27(19(31)25-17(15)29)10-13-6-4-3-5-7-13/h3-7H,8-12,24H2,1-2H3,(H,25,29,31)/t20-/m1/s1. The van der Waals surface area contributed by atoms with Gasteiger partial charge in [-0.15, -0.1) is 23.2 Å². The van der Waals surface area contributed by atoms with Crippen LogP contribution in [0.25, 0.3) is 0 Å². The van der Waals surface area contributed by atoms with Crippen molar-refractivity contribution in [2.24, 2.45) is 5.41 Å². The number of ether oxygens (including phenoxy) is 2. The molecule has 0 saturated heterocycles. The highest BCUT2D eigenvalue weighted by atomic mass is 35.5. The van der Waals surface area contributed by atoms with E-state index in [2.05, 4.69) is 4.98 Å². The van der Waals surface area contributed by atoms with Crippen LogP contribution in [0.4, 0.5) is 11.5 Å². The lowest BCUT2D eigenvalue weighted by molar-refractivity contribution is -0.153. The van der Waals surface area contributed by atoms with E-state index in [4.69, 9.17) is 38.4 Å². The number of aromatic nitrogens is 2. The number of anilines is 2. The third-order valence-corrected chi connectivity index (χ3v) is 6.62. The van der Waals surface area contributed by atoms with Crippen LogP contribution in [0.2, 0.25) is 0 Å². The Morgan fingerprint density at radius 2 is 1.88 bits per heavy atom. The number of esters is 1. The summed E-state index contributed by atoms with van der Waals surface area (Å²) < 4.78 is 10.0. The number of hydrogen-bond acceptors (Lipinski definition) is 7. The largest absolute Gasteiger partial charge is 0.455 e. The number of nitrogens with two attached hydrogens (primary N) is 1. The van der Waals surface area contributed by atoms with E-state index in [0.717, 1.165) is 15.0 Å². The number of nitrogens with one attached hydrogen (secondary N) is 1. The number of nitrogens with zero attached hydrogens (tertiary/aromatic N) is 2. The molecule has 3 rings (SSSR count).